The topological polar surface area (TPSA) is 50.1 Å². The minimum absolute atomic E-state index is 0.273. The maximum atomic E-state index is 12.9. The molecule has 0 fully saturated rings. The van der Waals surface area contributed by atoms with Crippen molar-refractivity contribution < 1.29 is 26.2 Å². The van der Waals surface area contributed by atoms with Crippen LogP contribution in [0.2, 0.25) is 0 Å². The monoisotopic (exact) mass is 481 g/mol. The second-order valence-corrected chi connectivity index (χ2v) is 9.07. The van der Waals surface area contributed by atoms with E-state index in [1.165, 1.54) is 6.20 Å². The smallest absolute Gasteiger partial charge is 0.280 e. The summed E-state index contributed by atoms with van der Waals surface area (Å²) in [6.07, 6.45) is -1.39. The van der Waals surface area contributed by atoms with Crippen LogP contribution in [0.4, 0.5) is 13.2 Å². The van der Waals surface area contributed by atoms with E-state index in [0.717, 1.165) is 41.1 Å². The molecule has 0 aliphatic rings. The van der Waals surface area contributed by atoms with Crippen LogP contribution in [0.5, 0.6) is 0 Å². The number of hydrogen-bond acceptors (Lipinski definition) is 2. The minimum atomic E-state index is -4.55. The molecule has 0 amide bonds. The van der Waals surface area contributed by atoms with E-state index in [4.69, 9.17) is 0 Å². The number of nitrogens with zero attached hydrogens (tertiary/aromatic N) is 1. The summed E-state index contributed by atoms with van der Waals surface area (Å²) in [5.74, 6) is 0. The number of alkyl halides is 3. The fraction of sp³-hybridized carbons (Fsp3) is 0.0385. The normalized spacial score (nSPS) is 12.4. The lowest BCUT2D eigenvalue weighted by molar-refractivity contribution is -0.567. The molecular formula is C26H20F3N2O2S+. The molecule has 0 radical (unpaired) electrons. The number of nitrogens with one attached hydrogen (secondary N) is 1. The second-order valence-electron chi connectivity index (χ2n) is 7.36. The molecular weight excluding hydrogens is 461 g/mol. The predicted molar refractivity (Wildman–Crippen MR) is 124 cm³/mol. The summed E-state index contributed by atoms with van der Waals surface area (Å²) in [6.45, 7) is 0. The molecule has 4 rings (SSSR count). The van der Waals surface area contributed by atoms with Crippen molar-refractivity contribution in [2.45, 2.75) is 11.1 Å². The molecule has 0 saturated heterocycles. The molecule has 8 heteroatoms. The zero-order valence-electron chi connectivity index (χ0n) is 17.8. The number of aromatic nitrogens is 1. The van der Waals surface area contributed by atoms with Gasteiger partial charge in [-0.15, -0.1) is 0 Å². The van der Waals surface area contributed by atoms with E-state index in [1.54, 1.807) is 0 Å². The van der Waals surface area contributed by atoms with Gasteiger partial charge in [-0.3, -0.25) is 4.72 Å². The predicted octanol–water partition coefficient (Wildman–Crippen LogP) is 5.49. The van der Waals surface area contributed by atoms with Crippen LogP contribution in [0.1, 0.15) is 11.1 Å². The molecule has 0 unspecified atom stereocenters. The van der Waals surface area contributed by atoms with E-state index in [9.17, 15) is 21.6 Å². The summed E-state index contributed by atoms with van der Waals surface area (Å²) in [5.41, 5.74) is 2.11. The van der Waals surface area contributed by atoms with Crippen LogP contribution < -0.4 is 9.29 Å². The maximum Gasteiger partial charge on any atom is 0.416 e. The van der Waals surface area contributed by atoms with E-state index < -0.39 is 21.8 Å². The number of benzene rings is 3. The highest BCUT2D eigenvalue weighted by molar-refractivity contribution is 7.89. The molecule has 172 valence electrons. The summed E-state index contributed by atoms with van der Waals surface area (Å²) in [5, 5.41) is 0. The van der Waals surface area contributed by atoms with Gasteiger partial charge in [-0.2, -0.15) is 17.7 Å². The van der Waals surface area contributed by atoms with Crippen molar-refractivity contribution in [3.8, 4) is 11.3 Å². The molecule has 0 aliphatic carbocycles. The minimum Gasteiger partial charge on any atom is -0.280 e. The first-order chi connectivity index (χ1) is 16.3. The summed E-state index contributed by atoms with van der Waals surface area (Å²) in [4.78, 5) is -0.273. The van der Waals surface area contributed by atoms with Crippen LogP contribution in [-0.4, -0.2) is 8.42 Å². The van der Waals surface area contributed by atoms with Crippen LogP contribution >= 0.6 is 0 Å². The fourth-order valence-electron chi connectivity index (χ4n) is 3.42. The first-order valence-electron chi connectivity index (χ1n) is 10.3. The van der Waals surface area contributed by atoms with Gasteiger partial charge in [0.1, 0.15) is 0 Å². The van der Waals surface area contributed by atoms with Crippen molar-refractivity contribution in [2.75, 3.05) is 0 Å². The van der Waals surface area contributed by atoms with Gasteiger partial charge in [0.25, 0.3) is 10.0 Å². The van der Waals surface area contributed by atoms with Gasteiger partial charge in [0, 0.05) is 23.3 Å². The van der Waals surface area contributed by atoms with Crippen LogP contribution in [0.25, 0.3) is 17.0 Å². The van der Waals surface area contributed by atoms with E-state index >= 15 is 0 Å². The molecule has 1 aromatic heterocycles. The average molecular weight is 482 g/mol. The quantitative estimate of drug-likeness (QED) is 0.371. The van der Waals surface area contributed by atoms with Crippen molar-refractivity contribution in [3.05, 3.63) is 127 Å². The summed E-state index contributed by atoms with van der Waals surface area (Å²) < 4.78 is 68.5. The molecule has 0 aliphatic heterocycles. The Bertz CT molecular complexity index is 1400. The Morgan fingerprint density at radius 2 is 1.35 bits per heavy atom. The lowest BCUT2D eigenvalue weighted by atomic mass is 10.1. The molecule has 34 heavy (non-hydrogen) atoms. The third kappa shape index (κ3) is 5.18. The van der Waals surface area contributed by atoms with Crippen molar-refractivity contribution in [2.24, 2.45) is 0 Å². The Kier molecular flexibility index (Phi) is 6.51. The second kappa shape index (κ2) is 9.52. The maximum absolute atomic E-state index is 12.9. The fourth-order valence-corrected chi connectivity index (χ4v) is 4.32. The molecule has 3 aromatic carbocycles. The molecule has 0 saturated carbocycles. The van der Waals surface area contributed by atoms with Gasteiger partial charge in [0.05, 0.1) is 16.7 Å². The summed E-state index contributed by atoms with van der Waals surface area (Å²) in [7, 11) is -4.12. The third-order valence-corrected chi connectivity index (χ3v) is 6.42. The molecule has 4 nitrogen and oxygen atoms in total. The first-order valence-corrected chi connectivity index (χ1v) is 11.8. The van der Waals surface area contributed by atoms with Crippen molar-refractivity contribution >= 4 is 15.7 Å². The summed E-state index contributed by atoms with van der Waals surface area (Å²) in [6, 6.07) is 27.8. The van der Waals surface area contributed by atoms with Crippen LogP contribution in [0.3, 0.4) is 0 Å². The number of sulfonamides is 1. The van der Waals surface area contributed by atoms with Gasteiger partial charge in [-0.1, -0.05) is 36.4 Å². The Morgan fingerprint density at radius 1 is 0.765 bits per heavy atom. The summed E-state index contributed by atoms with van der Waals surface area (Å²) >= 11 is 0. The zero-order chi connectivity index (χ0) is 24.2. The largest absolute Gasteiger partial charge is 0.416 e. The molecule has 0 bridgehead atoms. The van der Waals surface area contributed by atoms with Gasteiger partial charge >= 0.3 is 6.18 Å². The van der Waals surface area contributed by atoms with Crippen molar-refractivity contribution in [3.63, 3.8) is 0 Å². The Morgan fingerprint density at radius 3 is 1.97 bits per heavy atom. The van der Waals surface area contributed by atoms with Crippen LogP contribution in [0, 0.1) is 0 Å². The number of hydrogen-bond donors (Lipinski definition) is 1. The van der Waals surface area contributed by atoms with Gasteiger partial charge in [-0.25, -0.2) is 8.42 Å². The highest BCUT2D eigenvalue weighted by atomic mass is 32.2. The highest BCUT2D eigenvalue weighted by Crippen LogP contribution is 2.29. The first kappa shape index (κ1) is 23.3. The highest BCUT2D eigenvalue weighted by Gasteiger charge is 2.30. The van der Waals surface area contributed by atoms with Gasteiger partial charge in [0.2, 0.25) is 11.4 Å². The lowest BCUT2D eigenvalue weighted by Gasteiger charge is -2.10. The Hall–Kier alpha value is -3.91. The van der Waals surface area contributed by atoms with Crippen LogP contribution in [-0.2, 0) is 16.2 Å². The molecule has 0 atom stereocenters. The van der Waals surface area contributed by atoms with Crippen molar-refractivity contribution in [1.82, 2.24) is 4.72 Å². The van der Waals surface area contributed by atoms with E-state index in [-0.39, 0.29) is 4.90 Å². The van der Waals surface area contributed by atoms with Crippen molar-refractivity contribution in [1.29, 1.82) is 0 Å². The zero-order valence-corrected chi connectivity index (χ0v) is 18.6. The SMILES string of the molecule is O=S(=O)(N/C=C(/c1ccccc1)[n+]1ccccc1-c1ccccc1)c1ccc(C(F)(F)F)cc1. The molecule has 1 heterocycles. The third-order valence-electron chi connectivity index (χ3n) is 5.10. The molecule has 4 aromatic rings. The Balaban J connectivity index is 1.76. The van der Waals surface area contributed by atoms with Gasteiger partial charge in [0.15, 0.2) is 6.20 Å². The lowest BCUT2D eigenvalue weighted by Crippen LogP contribution is -2.36. The molecule has 0 spiro atoms. The average Bonchev–Trinajstić information content (AvgIpc) is 2.85. The standard InChI is InChI=1S/C26H20F3N2O2S/c27-26(28,29)22-14-16-23(17-15-22)34(32,33)30-19-25(21-11-5-2-6-12-21)31-18-8-7-13-24(31)20-9-3-1-4-10-20/h1-19,30H/q+1/b25-19-. The number of halogens is 3. The van der Waals surface area contributed by atoms with Gasteiger partial charge in [-0.05, 0) is 54.6 Å². The van der Waals surface area contributed by atoms with E-state index in [1.807, 2.05) is 89.6 Å². The van der Waals surface area contributed by atoms with Gasteiger partial charge < -0.3 is 0 Å². The number of rotatable bonds is 6. The van der Waals surface area contributed by atoms with E-state index in [2.05, 4.69) is 4.72 Å². The van der Waals surface area contributed by atoms with Crippen LogP contribution in [0.15, 0.2) is 120 Å². The molecule has 1 N–H and O–H groups in total. The number of pyridine rings is 1. The Labute approximate surface area is 195 Å². The van der Waals surface area contributed by atoms with E-state index in [0.29, 0.717) is 5.70 Å².